The normalized spacial score (nSPS) is 12.7. The molecule has 0 spiro atoms. The van der Waals surface area contributed by atoms with E-state index in [0.717, 1.165) is 57.8 Å². The van der Waals surface area contributed by atoms with Gasteiger partial charge in [-0.15, -0.1) is 0 Å². The fraction of sp³-hybridized carbons (Fsp3) is 0.906. The zero-order valence-electron chi connectivity index (χ0n) is 47.3. The lowest BCUT2D eigenvalue weighted by atomic mass is 10.0. The van der Waals surface area contributed by atoms with E-state index in [1.54, 1.807) is 6.08 Å². The van der Waals surface area contributed by atoms with Crippen LogP contribution in [-0.4, -0.2) is 47.4 Å². The summed E-state index contributed by atoms with van der Waals surface area (Å²) in [7, 11) is 0. The van der Waals surface area contributed by atoms with Crippen LogP contribution in [0.5, 0.6) is 0 Å². The number of rotatable bonds is 59. The highest BCUT2D eigenvalue weighted by Crippen LogP contribution is 2.18. The van der Waals surface area contributed by atoms with Crippen LogP contribution < -0.4 is 5.32 Å². The van der Waals surface area contributed by atoms with Crippen molar-refractivity contribution in [3.8, 4) is 0 Å². The molecule has 0 aliphatic rings. The first-order valence-corrected chi connectivity index (χ1v) is 31.6. The second-order valence-corrected chi connectivity index (χ2v) is 21.7. The predicted octanol–water partition coefficient (Wildman–Crippen LogP) is 19.8. The number of amides is 1. The second kappa shape index (κ2) is 59.9. The molecule has 0 aromatic heterocycles. The molecule has 6 heteroatoms. The van der Waals surface area contributed by atoms with Gasteiger partial charge in [0.1, 0.15) is 0 Å². The van der Waals surface area contributed by atoms with Gasteiger partial charge in [-0.3, -0.25) is 9.59 Å². The van der Waals surface area contributed by atoms with Crippen LogP contribution in [0.4, 0.5) is 0 Å². The lowest BCUT2D eigenvalue weighted by Crippen LogP contribution is -2.45. The van der Waals surface area contributed by atoms with Crippen LogP contribution in [0.15, 0.2) is 24.3 Å². The summed E-state index contributed by atoms with van der Waals surface area (Å²) in [4.78, 5) is 24.6. The molecule has 2 unspecified atom stereocenters. The summed E-state index contributed by atoms with van der Waals surface area (Å²) in [5, 5.41) is 23.2. The van der Waals surface area contributed by atoms with Crippen LogP contribution in [0.1, 0.15) is 348 Å². The Morgan fingerprint density at radius 3 is 1.01 bits per heavy atom. The molecule has 0 aliphatic heterocycles. The molecule has 0 aromatic rings. The molecule has 0 bridgehead atoms. The molecule has 0 heterocycles. The van der Waals surface area contributed by atoms with E-state index in [0.29, 0.717) is 19.4 Å². The Kier molecular flexibility index (Phi) is 58.5. The number of aliphatic hydroxyl groups excluding tert-OH is 2. The van der Waals surface area contributed by atoms with E-state index in [2.05, 4.69) is 31.3 Å². The largest absolute Gasteiger partial charge is 0.466 e. The molecule has 0 aromatic carbocycles. The minimum absolute atomic E-state index is 0.0177. The zero-order valence-corrected chi connectivity index (χ0v) is 47.3. The number of allylic oxidation sites excluding steroid dienone is 3. The fourth-order valence-corrected chi connectivity index (χ4v) is 9.87. The van der Waals surface area contributed by atoms with Gasteiger partial charge in [0.25, 0.3) is 0 Å². The predicted molar refractivity (Wildman–Crippen MR) is 306 cm³/mol. The van der Waals surface area contributed by atoms with E-state index < -0.39 is 12.1 Å². The van der Waals surface area contributed by atoms with Gasteiger partial charge in [0.2, 0.25) is 5.91 Å². The summed E-state index contributed by atoms with van der Waals surface area (Å²) >= 11 is 0. The van der Waals surface area contributed by atoms with Gasteiger partial charge in [-0.25, -0.2) is 0 Å². The minimum Gasteiger partial charge on any atom is -0.466 e. The first-order chi connectivity index (χ1) is 34.5. The maximum atomic E-state index is 12.5. The molecule has 70 heavy (non-hydrogen) atoms. The highest BCUT2D eigenvalue weighted by Gasteiger charge is 2.18. The maximum Gasteiger partial charge on any atom is 0.305 e. The smallest absolute Gasteiger partial charge is 0.305 e. The molecule has 3 N–H and O–H groups in total. The highest BCUT2D eigenvalue weighted by atomic mass is 16.5. The zero-order chi connectivity index (χ0) is 50.7. The number of carbonyl (C=O) groups excluding carboxylic acids is 2. The molecule has 0 rings (SSSR count). The monoisotopic (exact) mass is 986 g/mol. The molecule has 414 valence electrons. The number of ether oxygens (including phenoxy) is 1. The van der Waals surface area contributed by atoms with E-state index in [1.807, 2.05) is 6.08 Å². The van der Waals surface area contributed by atoms with Gasteiger partial charge in [0.15, 0.2) is 0 Å². The van der Waals surface area contributed by atoms with Crippen molar-refractivity contribution in [2.24, 2.45) is 0 Å². The first-order valence-electron chi connectivity index (χ1n) is 31.6. The topological polar surface area (TPSA) is 95.9 Å². The summed E-state index contributed by atoms with van der Waals surface area (Å²) in [5.41, 5.74) is 0. The van der Waals surface area contributed by atoms with Crippen molar-refractivity contribution >= 4 is 11.9 Å². The SMILES string of the molecule is CCCCCCCC/C=C\CCCCCCCCCC(=O)OCCCCCCCCCCCCCC(=O)NC(CO)C(O)/C=C/CCCCCCCCCCCCCCCCCCCCCCCCC. The molecular formula is C64H123NO5. The van der Waals surface area contributed by atoms with Crippen LogP contribution in [0.3, 0.4) is 0 Å². The van der Waals surface area contributed by atoms with Gasteiger partial charge in [-0.1, -0.05) is 301 Å². The molecule has 0 aliphatic carbocycles. The first kappa shape index (κ1) is 68.3. The van der Waals surface area contributed by atoms with Crippen molar-refractivity contribution in [2.45, 2.75) is 360 Å². The van der Waals surface area contributed by atoms with E-state index >= 15 is 0 Å². The highest BCUT2D eigenvalue weighted by molar-refractivity contribution is 5.76. The van der Waals surface area contributed by atoms with Crippen LogP contribution in [0, 0.1) is 0 Å². The van der Waals surface area contributed by atoms with E-state index in [-0.39, 0.29) is 18.5 Å². The summed E-state index contributed by atoms with van der Waals surface area (Å²) in [5.74, 6) is -0.101. The lowest BCUT2D eigenvalue weighted by molar-refractivity contribution is -0.143. The third kappa shape index (κ3) is 55.7. The number of aliphatic hydroxyl groups is 2. The average Bonchev–Trinajstić information content (AvgIpc) is 3.36. The van der Waals surface area contributed by atoms with Crippen LogP contribution in [0.2, 0.25) is 0 Å². The van der Waals surface area contributed by atoms with Crippen LogP contribution in [-0.2, 0) is 14.3 Å². The molecule has 6 nitrogen and oxygen atoms in total. The fourth-order valence-electron chi connectivity index (χ4n) is 9.87. The average molecular weight is 987 g/mol. The number of nitrogens with one attached hydrogen (secondary N) is 1. The minimum atomic E-state index is -0.858. The molecular weight excluding hydrogens is 863 g/mol. The Morgan fingerprint density at radius 2 is 0.671 bits per heavy atom. The number of unbranched alkanes of at least 4 members (excludes halogenated alkanes) is 46. The summed E-state index contributed by atoms with van der Waals surface area (Å²) < 4.78 is 5.48. The summed E-state index contributed by atoms with van der Waals surface area (Å²) in [6, 6.07) is -0.643. The van der Waals surface area contributed by atoms with Crippen molar-refractivity contribution in [1.82, 2.24) is 5.32 Å². The second-order valence-electron chi connectivity index (χ2n) is 21.7. The Morgan fingerprint density at radius 1 is 0.386 bits per heavy atom. The van der Waals surface area contributed by atoms with Crippen molar-refractivity contribution < 1.29 is 24.5 Å². The van der Waals surface area contributed by atoms with Crippen LogP contribution in [0.25, 0.3) is 0 Å². The summed E-state index contributed by atoms with van der Waals surface area (Å²) in [6.45, 7) is 4.88. The van der Waals surface area contributed by atoms with E-state index in [9.17, 15) is 19.8 Å². The molecule has 0 fully saturated rings. The molecule has 1 amide bonds. The van der Waals surface area contributed by atoms with E-state index in [1.165, 1.54) is 263 Å². The van der Waals surface area contributed by atoms with Gasteiger partial charge in [-0.2, -0.15) is 0 Å². The summed E-state index contributed by atoms with van der Waals surface area (Å²) in [6.07, 6.45) is 73.6. The maximum absolute atomic E-state index is 12.5. The van der Waals surface area contributed by atoms with Gasteiger partial charge in [0.05, 0.1) is 25.4 Å². The number of esters is 1. The lowest BCUT2D eigenvalue weighted by Gasteiger charge is -2.20. The Labute approximate surface area is 437 Å². The third-order valence-corrected chi connectivity index (χ3v) is 14.7. The van der Waals surface area contributed by atoms with Gasteiger partial charge >= 0.3 is 5.97 Å². The molecule has 0 saturated heterocycles. The number of hydrogen-bond acceptors (Lipinski definition) is 5. The van der Waals surface area contributed by atoms with Gasteiger partial charge in [-0.05, 0) is 57.8 Å². The molecule has 0 radical (unpaired) electrons. The Hall–Kier alpha value is -1.66. The van der Waals surface area contributed by atoms with E-state index in [4.69, 9.17) is 4.74 Å². The van der Waals surface area contributed by atoms with Crippen LogP contribution >= 0.6 is 0 Å². The molecule has 0 saturated carbocycles. The van der Waals surface area contributed by atoms with Crippen molar-refractivity contribution in [1.29, 1.82) is 0 Å². The van der Waals surface area contributed by atoms with Gasteiger partial charge < -0.3 is 20.3 Å². The molecule has 2 atom stereocenters. The number of carbonyl (C=O) groups is 2. The van der Waals surface area contributed by atoms with Crippen molar-refractivity contribution in [3.05, 3.63) is 24.3 Å². The standard InChI is InChI=1S/C64H123NO5/c1-3-5-7-9-11-13-15-17-19-21-22-23-24-25-26-27-28-30-31-33-36-40-44-48-52-56-62(67)61(60-66)65-63(68)57-53-49-45-41-37-35-39-43-47-51-55-59-70-64(69)58-54-50-46-42-38-34-32-29-20-18-16-14-12-10-8-6-4-2/h18,20,52,56,61-62,66-67H,3-17,19,21-51,53-55,57-60H2,1-2H3,(H,65,68)/b20-18-,56-52+. The Balaban J connectivity index is 3.48. The third-order valence-electron chi connectivity index (χ3n) is 14.7. The Bertz CT molecular complexity index is 1090. The van der Waals surface area contributed by atoms with Crippen molar-refractivity contribution in [2.75, 3.05) is 13.2 Å². The number of hydrogen-bond donors (Lipinski definition) is 3. The quantitative estimate of drug-likeness (QED) is 0.0321. The van der Waals surface area contributed by atoms with Crippen molar-refractivity contribution in [3.63, 3.8) is 0 Å². The van der Waals surface area contributed by atoms with Gasteiger partial charge in [0, 0.05) is 12.8 Å².